The van der Waals surface area contributed by atoms with Crippen molar-refractivity contribution >= 4 is 58.7 Å². The number of aromatic nitrogens is 1. The van der Waals surface area contributed by atoms with Gasteiger partial charge >= 0.3 is 0 Å². The summed E-state index contributed by atoms with van der Waals surface area (Å²) >= 11 is 6.04. The van der Waals surface area contributed by atoms with Gasteiger partial charge in [0.2, 0.25) is 0 Å². The lowest BCUT2D eigenvalue weighted by Crippen LogP contribution is -2.22. The van der Waals surface area contributed by atoms with Crippen LogP contribution in [0, 0.1) is 0 Å². The van der Waals surface area contributed by atoms with Crippen molar-refractivity contribution < 1.29 is 5.11 Å². The van der Waals surface area contributed by atoms with Gasteiger partial charge in [-0.1, -0.05) is 31.5 Å². The Hall–Kier alpha value is -1.72. The molecular weight excluding hydrogens is 405 g/mol. The number of nitrogens with zero attached hydrogens (tertiary/aromatic N) is 2. The van der Waals surface area contributed by atoms with Gasteiger partial charge in [0.1, 0.15) is 5.75 Å². The van der Waals surface area contributed by atoms with Crippen LogP contribution in [0.4, 0.5) is 11.4 Å². The molecule has 0 amide bonds. The number of anilines is 2. The molecule has 2 N–H and O–H groups in total. The van der Waals surface area contributed by atoms with Crippen LogP contribution in [0.1, 0.15) is 19.4 Å². The first-order chi connectivity index (χ1) is 12.1. The van der Waals surface area contributed by atoms with Crippen LogP contribution in [0.15, 0.2) is 48.7 Å². The van der Waals surface area contributed by atoms with Gasteiger partial charge in [-0.3, -0.25) is 9.88 Å². The minimum Gasteiger partial charge on any atom is -0.508 e. The lowest BCUT2D eigenvalue weighted by molar-refractivity contribution is 0.291. The topological polar surface area (TPSA) is 48.4 Å². The number of nitrogens with one attached hydrogen (secondary N) is 1. The molecule has 7 heteroatoms. The maximum Gasteiger partial charge on any atom is 0.122 e. The predicted octanol–water partition coefficient (Wildman–Crippen LogP) is 6.02. The lowest BCUT2D eigenvalue weighted by Gasteiger charge is -2.19. The fourth-order valence-electron chi connectivity index (χ4n) is 2.85. The average molecular weight is 429 g/mol. The number of benzene rings is 2. The van der Waals surface area contributed by atoms with Crippen molar-refractivity contribution in [1.29, 1.82) is 0 Å². The molecule has 2 aromatic carbocycles. The molecule has 0 atom stereocenters. The first-order valence-electron chi connectivity index (χ1n) is 8.46. The van der Waals surface area contributed by atoms with E-state index in [0.717, 1.165) is 47.5 Å². The van der Waals surface area contributed by atoms with E-state index < -0.39 is 0 Å². The summed E-state index contributed by atoms with van der Waals surface area (Å²) in [5, 5.41) is 15.4. The number of phenols is 1. The molecule has 3 aromatic rings. The number of rotatable bonds is 6. The highest BCUT2D eigenvalue weighted by atomic mass is 35.5. The normalized spacial score (nSPS) is 10.4. The van der Waals surface area contributed by atoms with Gasteiger partial charge in [-0.2, -0.15) is 0 Å². The van der Waals surface area contributed by atoms with Crippen molar-refractivity contribution in [2.24, 2.45) is 0 Å². The monoisotopic (exact) mass is 427 g/mol. The summed E-state index contributed by atoms with van der Waals surface area (Å²) < 4.78 is 0. The number of aromatic hydroxyl groups is 1. The van der Waals surface area contributed by atoms with E-state index in [-0.39, 0.29) is 24.8 Å². The first kappa shape index (κ1) is 23.3. The highest BCUT2D eigenvalue weighted by Gasteiger charge is 2.08. The number of fused-ring (bicyclic) bond motifs is 1. The summed E-state index contributed by atoms with van der Waals surface area (Å²) in [6.07, 6.45) is 1.75. The van der Waals surface area contributed by atoms with Crippen LogP contribution >= 0.6 is 36.4 Å². The Morgan fingerprint density at radius 2 is 1.78 bits per heavy atom. The second kappa shape index (κ2) is 10.6. The number of pyridine rings is 1. The van der Waals surface area contributed by atoms with E-state index in [2.05, 4.69) is 29.0 Å². The third-order valence-corrected chi connectivity index (χ3v) is 4.59. The summed E-state index contributed by atoms with van der Waals surface area (Å²) in [7, 11) is 0. The Balaban J connectivity index is 0.00000182. The summed E-state index contributed by atoms with van der Waals surface area (Å²) in [4.78, 5) is 6.61. The van der Waals surface area contributed by atoms with E-state index in [0.29, 0.717) is 10.8 Å². The fourth-order valence-corrected chi connectivity index (χ4v) is 3.02. The number of hydrogen-bond acceptors (Lipinski definition) is 4. The second-order valence-corrected chi connectivity index (χ2v) is 6.39. The molecule has 4 nitrogen and oxygen atoms in total. The van der Waals surface area contributed by atoms with Gasteiger partial charge in [-0.15, -0.1) is 24.8 Å². The Bertz CT molecular complexity index is 885. The fraction of sp³-hybridized carbons (Fsp3) is 0.250. The molecule has 0 radical (unpaired) electrons. The number of hydrogen-bond donors (Lipinski definition) is 2. The first-order valence-corrected chi connectivity index (χ1v) is 8.84. The quantitative estimate of drug-likeness (QED) is 0.504. The standard InChI is InChI=1S/C20H22ClN3O.2ClH/c1-3-24(4-2)13-14-5-7-16(12-20(14)25)23-18-9-10-22-19-11-15(21)6-8-17(18)19;;/h5-12,25H,3-4,13H2,1-2H3,(H,22,23);2*1H. The van der Waals surface area contributed by atoms with Crippen LogP contribution in [-0.2, 0) is 6.54 Å². The predicted molar refractivity (Wildman–Crippen MR) is 119 cm³/mol. The third-order valence-electron chi connectivity index (χ3n) is 4.36. The Kier molecular flexibility index (Phi) is 9.13. The van der Waals surface area contributed by atoms with Gasteiger partial charge < -0.3 is 10.4 Å². The molecule has 1 heterocycles. The van der Waals surface area contributed by atoms with Crippen LogP contribution in [0.5, 0.6) is 5.75 Å². The van der Waals surface area contributed by atoms with Crippen molar-refractivity contribution in [3.05, 3.63) is 59.2 Å². The van der Waals surface area contributed by atoms with Gasteiger partial charge in [-0.25, -0.2) is 0 Å². The summed E-state index contributed by atoms with van der Waals surface area (Å²) in [6, 6.07) is 13.3. The maximum absolute atomic E-state index is 10.4. The molecule has 0 fully saturated rings. The van der Waals surface area contributed by atoms with Crippen molar-refractivity contribution in [3.63, 3.8) is 0 Å². The Labute approximate surface area is 177 Å². The lowest BCUT2D eigenvalue weighted by atomic mass is 10.1. The Morgan fingerprint density at radius 3 is 2.44 bits per heavy atom. The van der Waals surface area contributed by atoms with E-state index in [9.17, 15) is 5.11 Å². The third kappa shape index (κ3) is 5.63. The summed E-state index contributed by atoms with van der Waals surface area (Å²) in [5.74, 6) is 0.304. The molecule has 0 aliphatic heterocycles. The second-order valence-electron chi connectivity index (χ2n) is 5.95. The highest BCUT2D eigenvalue weighted by Crippen LogP contribution is 2.29. The smallest absolute Gasteiger partial charge is 0.122 e. The van der Waals surface area contributed by atoms with Gasteiger partial charge in [0.05, 0.1) is 5.52 Å². The minimum atomic E-state index is 0. The van der Waals surface area contributed by atoms with E-state index in [1.54, 1.807) is 12.3 Å². The zero-order chi connectivity index (χ0) is 17.8. The Morgan fingerprint density at radius 1 is 1.04 bits per heavy atom. The molecule has 27 heavy (non-hydrogen) atoms. The van der Waals surface area contributed by atoms with Crippen LogP contribution in [-0.4, -0.2) is 28.1 Å². The molecule has 146 valence electrons. The van der Waals surface area contributed by atoms with Gasteiger partial charge in [0.15, 0.2) is 0 Å². The van der Waals surface area contributed by atoms with E-state index in [1.165, 1.54) is 0 Å². The summed E-state index contributed by atoms with van der Waals surface area (Å²) in [6.45, 7) is 6.91. The SMILES string of the molecule is CCN(CC)Cc1ccc(Nc2ccnc3cc(Cl)ccc23)cc1O.Cl.Cl. The average Bonchev–Trinajstić information content (AvgIpc) is 2.61. The highest BCUT2D eigenvalue weighted by molar-refractivity contribution is 6.31. The molecule has 0 aliphatic carbocycles. The van der Waals surface area contributed by atoms with E-state index >= 15 is 0 Å². The van der Waals surface area contributed by atoms with E-state index in [1.807, 2.05) is 36.4 Å². The van der Waals surface area contributed by atoms with Crippen molar-refractivity contribution in [3.8, 4) is 5.75 Å². The number of phenolic OH excluding ortho intramolecular Hbond substituents is 1. The molecule has 1 aromatic heterocycles. The van der Waals surface area contributed by atoms with Crippen molar-refractivity contribution in [1.82, 2.24) is 9.88 Å². The molecule has 3 rings (SSSR count). The van der Waals surface area contributed by atoms with Gasteiger partial charge in [-0.05, 0) is 43.4 Å². The maximum atomic E-state index is 10.4. The summed E-state index contributed by atoms with van der Waals surface area (Å²) in [5.41, 5.74) is 3.53. The minimum absolute atomic E-state index is 0. The molecule has 0 bridgehead atoms. The van der Waals surface area contributed by atoms with Crippen molar-refractivity contribution in [2.75, 3.05) is 18.4 Å². The molecule has 0 aliphatic rings. The van der Waals surface area contributed by atoms with Gasteiger partial charge in [0.25, 0.3) is 0 Å². The van der Waals surface area contributed by atoms with Crippen LogP contribution in [0.25, 0.3) is 10.9 Å². The number of halogens is 3. The zero-order valence-corrected chi connectivity index (χ0v) is 17.7. The molecule has 0 saturated heterocycles. The van der Waals surface area contributed by atoms with Crippen LogP contribution in [0.2, 0.25) is 5.02 Å². The largest absolute Gasteiger partial charge is 0.508 e. The molecule has 0 saturated carbocycles. The van der Waals surface area contributed by atoms with Crippen LogP contribution < -0.4 is 5.32 Å². The molecular formula is C20H24Cl3N3O. The van der Waals surface area contributed by atoms with Gasteiger partial charge in [0, 0.05) is 46.2 Å². The van der Waals surface area contributed by atoms with E-state index in [4.69, 9.17) is 11.6 Å². The van der Waals surface area contributed by atoms with Crippen molar-refractivity contribution in [2.45, 2.75) is 20.4 Å². The zero-order valence-electron chi connectivity index (χ0n) is 15.3. The molecule has 0 spiro atoms. The molecule has 0 unspecified atom stereocenters. The van der Waals surface area contributed by atoms with Crippen LogP contribution in [0.3, 0.4) is 0 Å².